The summed E-state index contributed by atoms with van der Waals surface area (Å²) in [4.78, 5) is 9.03. The highest BCUT2D eigenvalue weighted by Gasteiger charge is 2.09. The maximum atomic E-state index is 4.54. The number of halogens is 1. The van der Waals surface area contributed by atoms with Crippen LogP contribution in [0.4, 0.5) is 5.82 Å². The molecule has 0 aliphatic carbocycles. The third-order valence-electron chi connectivity index (χ3n) is 2.39. The van der Waals surface area contributed by atoms with E-state index in [9.17, 15) is 0 Å². The van der Waals surface area contributed by atoms with E-state index < -0.39 is 0 Å². The molecule has 5 nitrogen and oxygen atoms in total. The van der Waals surface area contributed by atoms with Gasteiger partial charge in [0.25, 0.3) is 0 Å². The van der Waals surface area contributed by atoms with Gasteiger partial charge in [-0.15, -0.1) is 0 Å². The van der Waals surface area contributed by atoms with E-state index in [1.54, 1.807) is 4.68 Å². The fourth-order valence-corrected chi connectivity index (χ4v) is 1.91. The number of anilines is 1. The van der Waals surface area contributed by atoms with Crippen LogP contribution in [0, 0.1) is 3.57 Å². The van der Waals surface area contributed by atoms with Crippen molar-refractivity contribution in [2.45, 2.75) is 26.7 Å². The summed E-state index contributed by atoms with van der Waals surface area (Å²) in [6.07, 6.45) is 3.76. The van der Waals surface area contributed by atoms with Crippen molar-refractivity contribution in [2.24, 2.45) is 0 Å². The van der Waals surface area contributed by atoms with Gasteiger partial charge in [-0.1, -0.05) is 13.8 Å². The second kappa shape index (κ2) is 5.64. The van der Waals surface area contributed by atoms with Gasteiger partial charge in [-0.05, 0) is 29.5 Å². The van der Waals surface area contributed by atoms with E-state index in [1.165, 1.54) is 0 Å². The predicted octanol–water partition coefficient (Wildman–Crippen LogP) is 2.82. The molecule has 0 bridgehead atoms. The smallest absolute Gasteiger partial charge is 0.159 e. The third kappa shape index (κ3) is 2.98. The molecule has 2 heterocycles. The fraction of sp³-hybridized carbons (Fsp3) is 0.417. The van der Waals surface area contributed by atoms with E-state index in [0.717, 1.165) is 27.6 Å². The first-order chi connectivity index (χ1) is 8.60. The van der Waals surface area contributed by atoms with E-state index >= 15 is 0 Å². The van der Waals surface area contributed by atoms with Crippen LogP contribution in [0.15, 0.2) is 18.5 Å². The highest BCUT2D eigenvalue weighted by Crippen LogP contribution is 2.16. The summed E-state index contributed by atoms with van der Waals surface area (Å²) in [6, 6.07) is 1.92. The standard InChI is InChI=1S/C12H16IN5/c1-4-14-10-5-11(17-12(16-10)8(2)3)18-7-9(13)6-15-18/h5-8H,4H2,1-3H3,(H,14,16,17). The molecule has 0 saturated carbocycles. The minimum Gasteiger partial charge on any atom is -0.370 e. The van der Waals surface area contributed by atoms with Crippen LogP contribution >= 0.6 is 22.6 Å². The lowest BCUT2D eigenvalue weighted by atomic mass is 10.2. The van der Waals surface area contributed by atoms with Gasteiger partial charge < -0.3 is 5.32 Å². The normalized spacial score (nSPS) is 10.9. The van der Waals surface area contributed by atoms with Gasteiger partial charge in [0.05, 0.1) is 9.77 Å². The molecule has 2 aromatic heterocycles. The van der Waals surface area contributed by atoms with Crippen LogP contribution in [-0.4, -0.2) is 26.3 Å². The second-order valence-electron chi connectivity index (χ2n) is 4.26. The molecule has 0 aliphatic heterocycles. The maximum absolute atomic E-state index is 4.54. The van der Waals surface area contributed by atoms with Crippen molar-refractivity contribution in [2.75, 3.05) is 11.9 Å². The summed E-state index contributed by atoms with van der Waals surface area (Å²) in [5.41, 5.74) is 0. The maximum Gasteiger partial charge on any atom is 0.159 e. The summed E-state index contributed by atoms with van der Waals surface area (Å²) >= 11 is 2.23. The summed E-state index contributed by atoms with van der Waals surface area (Å²) in [7, 11) is 0. The van der Waals surface area contributed by atoms with Crippen LogP contribution in [-0.2, 0) is 0 Å². The van der Waals surface area contributed by atoms with Crippen LogP contribution < -0.4 is 5.32 Å². The first kappa shape index (κ1) is 13.3. The van der Waals surface area contributed by atoms with Gasteiger partial charge in [-0.25, -0.2) is 14.6 Å². The molecule has 0 unspecified atom stereocenters. The van der Waals surface area contributed by atoms with Crippen LogP contribution in [0.5, 0.6) is 0 Å². The molecule has 1 N–H and O–H groups in total. The van der Waals surface area contributed by atoms with E-state index in [4.69, 9.17) is 0 Å². The average molecular weight is 357 g/mol. The topological polar surface area (TPSA) is 55.6 Å². The van der Waals surface area contributed by atoms with Gasteiger partial charge in [-0.2, -0.15) is 5.10 Å². The highest BCUT2D eigenvalue weighted by molar-refractivity contribution is 14.1. The molecular formula is C12H16IN5. The molecule has 0 saturated heterocycles. The summed E-state index contributed by atoms with van der Waals surface area (Å²) < 4.78 is 2.86. The molecule has 0 radical (unpaired) electrons. The molecule has 0 amide bonds. The van der Waals surface area contributed by atoms with Crippen LogP contribution in [0.25, 0.3) is 5.82 Å². The minimum absolute atomic E-state index is 0.289. The number of rotatable bonds is 4. The van der Waals surface area contributed by atoms with E-state index in [-0.39, 0.29) is 5.92 Å². The average Bonchev–Trinajstić information content (AvgIpc) is 2.76. The highest BCUT2D eigenvalue weighted by atomic mass is 127. The van der Waals surface area contributed by atoms with Gasteiger partial charge in [0.2, 0.25) is 0 Å². The second-order valence-corrected chi connectivity index (χ2v) is 5.50. The van der Waals surface area contributed by atoms with Crippen LogP contribution in [0.3, 0.4) is 0 Å². The molecular weight excluding hydrogens is 341 g/mol. The fourth-order valence-electron chi connectivity index (χ4n) is 1.53. The number of aromatic nitrogens is 4. The van der Waals surface area contributed by atoms with Crippen LogP contribution in [0.1, 0.15) is 32.5 Å². The Morgan fingerprint density at radius 1 is 1.39 bits per heavy atom. The lowest BCUT2D eigenvalue weighted by Gasteiger charge is -2.10. The van der Waals surface area contributed by atoms with Crippen molar-refractivity contribution in [3.05, 3.63) is 27.9 Å². The zero-order valence-corrected chi connectivity index (χ0v) is 12.8. The lowest BCUT2D eigenvalue weighted by molar-refractivity contribution is 0.746. The van der Waals surface area contributed by atoms with Gasteiger partial charge in [0, 0.05) is 24.7 Å². The van der Waals surface area contributed by atoms with Gasteiger partial charge in [-0.3, -0.25) is 0 Å². The number of hydrogen-bond donors (Lipinski definition) is 1. The SMILES string of the molecule is CCNc1cc(-n2cc(I)cn2)nc(C(C)C)n1. The van der Waals surface area contributed by atoms with Crippen molar-refractivity contribution in [3.63, 3.8) is 0 Å². The Hall–Kier alpha value is -1.18. The van der Waals surface area contributed by atoms with Gasteiger partial charge in [0.1, 0.15) is 11.6 Å². The summed E-state index contributed by atoms with van der Waals surface area (Å²) in [5, 5.41) is 7.50. The number of nitrogens with zero attached hydrogens (tertiary/aromatic N) is 4. The number of nitrogens with one attached hydrogen (secondary N) is 1. The van der Waals surface area contributed by atoms with Crippen molar-refractivity contribution in [1.82, 2.24) is 19.7 Å². The van der Waals surface area contributed by atoms with Gasteiger partial charge in [0.15, 0.2) is 5.82 Å². The van der Waals surface area contributed by atoms with Crippen molar-refractivity contribution < 1.29 is 0 Å². The first-order valence-electron chi connectivity index (χ1n) is 5.93. The molecule has 0 aromatic carbocycles. The van der Waals surface area contributed by atoms with Crippen molar-refractivity contribution >= 4 is 28.4 Å². The Labute approximate surface area is 120 Å². The Bertz CT molecular complexity index is 535. The molecule has 0 spiro atoms. The molecule has 0 fully saturated rings. The molecule has 0 atom stereocenters. The Kier molecular flexibility index (Phi) is 4.15. The largest absolute Gasteiger partial charge is 0.370 e. The van der Waals surface area contributed by atoms with E-state index in [1.807, 2.05) is 25.4 Å². The Morgan fingerprint density at radius 3 is 2.72 bits per heavy atom. The minimum atomic E-state index is 0.289. The van der Waals surface area contributed by atoms with Crippen molar-refractivity contribution in [1.29, 1.82) is 0 Å². The molecule has 0 aliphatic rings. The Balaban J connectivity index is 2.45. The zero-order valence-electron chi connectivity index (χ0n) is 10.7. The van der Waals surface area contributed by atoms with Crippen LogP contribution in [0.2, 0.25) is 0 Å². The number of hydrogen-bond acceptors (Lipinski definition) is 4. The van der Waals surface area contributed by atoms with Crippen molar-refractivity contribution in [3.8, 4) is 5.82 Å². The van der Waals surface area contributed by atoms with E-state index in [2.05, 4.69) is 56.8 Å². The van der Waals surface area contributed by atoms with Gasteiger partial charge >= 0.3 is 0 Å². The molecule has 18 heavy (non-hydrogen) atoms. The first-order valence-corrected chi connectivity index (χ1v) is 7.01. The molecule has 96 valence electrons. The monoisotopic (exact) mass is 357 g/mol. The quantitative estimate of drug-likeness (QED) is 0.855. The molecule has 6 heteroatoms. The Morgan fingerprint density at radius 2 is 2.17 bits per heavy atom. The molecule has 2 rings (SSSR count). The van der Waals surface area contributed by atoms with E-state index in [0.29, 0.717) is 0 Å². The lowest BCUT2D eigenvalue weighted by Crippen LogP contribution is -2.09. The summed E-state index contributed by atoms with van der Waals surface area (Å²) in [6.45, 7) is 7.06. The molecule has 2 aromatic rings. The zero-order chi connectivity index (χ0) is 13.1. The predicted molar refractivity (Wildman–Crippen MR) is 80.1 cm³/mol. The summed E-state index contributed by atoms with van der Waals surface area (Å²) in [5.74, 6) is 2.76. The third-order valence-corrected chi connectivity index (χ3v) is 2.95.